The van der Waals surface area contributed by atoms with Crippen molar-refractivity contribution in [3.05, 3.63) is 123 Å². The Hall–Kier alpha value is -3.70. The summed E-state index contributed by atoms with van der Waals surface area (Å²) in [6, 6.07) is 23.2. The van der Waals surface area contributed by atoms with Gasteiger partial charge in [-0.25, -0.2) is 4.39 Å². The lowest BCUT2D eigenvalue weighted by Crippen LogP contribution is -2.37. The van der Waals surface area contributed by atoms with Gasteiger partial charge in [-0.1, -0.05) is 66.2 Å². The van der Waals surface area contributed by atoms with Gasteiger partial charge >= 0.3 is 0 Å². The molecular formula is C29H24ClFN2O2. The van der Waals surface area contributed by atoms with Crippen LogP contribution in [-0.4, -0.2) is 11.7 Å². The predicted molar refractivity (Wildman–Crippen MR) is 136 cm³/mol. The highest BCUT2D eigenvalue weighted by molar-refractivity contribution is 6.30. The normalized spacial score (nSPS) is 19.8. The van der Waals surface area contributed by atoms with Gasteiger partial charge in [0.15, 0.2) is 5.78 Å². The Bertz CT molecular complexity index is 1360. The third kappa shape index (κ3) is 4.52. The fraction of sp³-hybridized carbons (Fsp3) is 0.172. The molecule has 1 aliphatic heterocycles. The molecule has 4 nitrogen and oxygen atoms in total. The summed E-state index contributed by atoms with van der Waals surface area (Å²) in [6.07, 6.45) is 1.02. The summed E-state index contributed by atoms with van der Waals surface area (Å²) in [4.78, 5) is 27.1. The fourth-order valence-corrected chi connectivity index (χ4v) is 5.17. The molecule has 0 unspecified atom stereocenters. The van der Waals surface area contributed by atoms with Crippen molar-refractivity contribution in [2.45, 2.75) is 31.6 Å². The van der Waals surface area contributed by atoms with E-state index in [1.165, 1.54) is 12.1 Å². The summed E-state index contributed by atoms with van der Waals surface area (Å²) in [5.74, 6) is -1.51. The van der Waals surface area contributed by atoms with Gasteiger partial charge in [0.25, 0.3) is 5.91 Å². The molecule has 0 bridgehead atoms. The molecule has 2 aliphatic rings. The van der Waals surface area contributed by atoms with Crippen LogP contribution in [0.5, 0.6) is 0 Å². The second-order valence-corrected chi connectivity index (χ2v) is 9.35. The second kappa shape index (κ2) is 9.51. The Morgan fingerprint density at radius 3 is 2.34 bits per heavy atom. The van der Waals surface area contributed by atoms with E-state index in [-0.39, 0.29) is 17.4 Å². The number of dihydropyridines is 1. The van der Waals surface area contributed by atoms with Crippen molar-refractivity contribution >= 4 is 29.0 Å². The molecule has 35 heavy (non-hydrogen) atoms. The number of ketones is 1. The van der Waals surface area contributed by atoms with Gasteiger partial charge in [-0.2, -0.15) is 0 Å². The van der Waals surface area contributed by atoms with Gasteiger partial charge in [0.1, 0.15) is 5.82 Å². The lowest BCUT2D eigenvalue weighted by Gasteiger charge is -2.37. The number of carbonyl (C=O) groups is 2. The number of allylic oxidation sites excluding steroid dienone is 3. The van der Waals surface area contributed by atoms with Crippen LogP contribution in [0.4, 0.5) is 10.1 Å². The standard InChI is InChI=1S/C29H24ClFN2O2/c1-17-26(29(35)33-23-10-6-5-9-22(23)31)27(19-11-13-21(30)14-12-19)28-24(32-17)15-20(16-25(28)34)18-7-3-2-4-8-18/h2-14,20,27,32H,15-16H2,1H3,(H,33,35)/t20-,27+/m1/s1. The molecule has 3 aromatic rings. The highest BCUT2D eigenvalue weighted by Gasteiger charge is 2.41. The maximum atomic E-state index is 14.3. The van der Waals surface area contributed by atoms with Crippen LogP contribution < -0.4 is 10.6 Å². The van der Waals surface area contributed by atoms with E-state index in [2.05, 4.69) is 10.6 Å². The molecule has 176 valence electrons. The minimum absolute atomic E-state index is 0.00348. The molecule has 5 rings (SSSR count). The summed E-state index contributed by atoms with van der Waals surface area (Å²) in [5.41, 5.74) is 4.43. The molecule has 0 fully saturated rings. The number of halogens is 2. The van der Waals surface area contributed by atoms with Crippen LogP contribution in [0.15, 0.2) is 101 Å². The Balaban J connectivity index is 1.57. The molecule has 1 amide bonds. The average Bonchev–Trinajstić information content (AvgIpc) is 2.85. The van der Waals surface area contributed by atoms with Crippen molar-refractivity contribution in [3.8, 4) is 0 Å². The van der Waals surface area contributed by atoms with Crippen LogP contribution in [0.3, 0.4) is 0 Å². The zero-order valence-electron chi connectivity index (χ0n) is 19.1. The summed E-state index contributed by atoms with van der Waals surface area (Å²) in [7, 11) is 0. The number of rotatable bonds is 4. The van der Waals surface area contributed by atoms with E-state index in [0.717, 1.165) is 16.8 Å². The molecule has 0 aromatic heterocycles. The molecule has 6 heteroatoms. The first-order chi connectivity index (χ1) is 16.9. The van der Waals surface area contributed by atoms with Crippen LogP contribution in [-0.2, 0) is 9.59 Å². The van der Waals surface area contributed by atoms with Gasteiger partial charge < -0.3 is 10.6 Å². The molecule has 0 spiro atoms. The summed E-state index contributed by atoms with van der Waals surface area (Å²) in [6.45, 7) is 1.82. The van der Waals surface area contributed by atoms with Crippen LogP contribution >= 0.6 is 11.6 Å². The van der Waals surface area contributed by atoms with E-state index in [1.54, 1.807) is 24.3 Å². The maximum absolute atomic E-state index is 14.3. The van der Waals surface area contributed by atoms with Gasteiger partial charge in [-0.15, -0.1) is 0 Å². The lowest BCUT2D eigenvalue weighted by atomic mass is 9.71. The predicted octanol–water partition coefficient (Wildman–Crippen LogP) is 6.48. The van der Waals surface area contributed by atoms with Crippen molar-refractivity contribution in [3.63, 3.8) is 0 Å². The fourth-order valence-electron chi connectivity index (χ4n) is 5.04. The lowest BCUT2D eigenvalue weighted by molar-refractivity contribution is -0.116. The van der Waals surface area contributed by atoms with Crippen molar-refractivity contribution in [2.75, 3.05) is 5.32 Å². The van der Waals surface area contributed by atoms with E-state index in [4.69, 9.17) is 11.6 Å². The SMILES string of the molecule is CC1=C(C(=O)Nc2ccccc2F)[C@H](c2ccc(Cl)cc2)C2=C(C[C@@H](c3ccccc3)CC2=O)N1. The molecule has 0 saturated carbocycles. The first-order valence-electron chi connectivity index (χ1n) is 11.5. The number of benzene rings is 3. The number of nitrogens with one attached hydrogen (secondary N) is 2. The third-order valence-corrected chi connectivity index (χ3v) is 6.92. The number of Topliss-reactive ketones (excluding diaryl/α,β-unsaturated/α-hetero) is 1. The highest BCUT2D eigenvalue weighted by Crippen LogP contribution is 2.45. The number of amides is 1. The molecule has 1 aliphatic carbocycles. The topological polar surface area (TPSA) is 58.2 Å². The molecule has 3 aromatic carbocycles. The van der Waals surface area contributed by atoms with Gasteiger partial charge in [-0.05, 0) is 54.7 Å². The Morgan fingerprint density at radius 1 is 0.943 bits per heavy atom. The van der Waals surface area contributed by atoms with Crippen molar-refractivity contribution in [2.24, 2.45) is 0 Å². The minimum Gasteiger partial charge on any atom is -0.362 e. The van der Waals surface area contributed by atoms with Crippen LogP contribution in [0.25, 0.3) is 0 Å². The Morgan fingerprint density at radius 2 is 1.63 bits per heavy atom. The monoisotopic (exact) mass is 486 g/mol. The minimum atomic E-state index is -0.584. The van der Waals surface area contributed by atoms with E-state index in [9.17, 15) is 14.0 Å². The molecule has 2 N–H and O–H groups in total. The number of carbonyl (C=O) groups excluding carboxylic acids is 2. The molecule has 2 atom stereocenters. The molecule has 0 saturated heterocycles. The number of hydrogen-bond acceptors (Lipinski definition) is 3. The molecular weight excluding hydrogens is 463 g/mol. The second-order valence-electron chi connectivity index (χ2n) is 8.91. The number of anilines is 1. The van der Waals surface area contributed by atoms with Gasteiger partial charge in [0.05, 0.1) is 5.69 Å². The maximum Gasteiger partial charge on any atom is 0.254 e. The first-order valence-corrected chi connectivity index (χ1v) is 11.9. The Labute approximate surface area is 208 Å². The van der Waals surface area contributed by atoms with Gasteiger partial charge in [-0.3, -0.25) is 9.59 Å². The van der Waals surface area contributed by atoms with Crippen LogP contribution in [0, 0.1) is 5.82 Å². The number of para-hydroxylation sites is 1. The largest absolute Gasteiger partial charge is 0.362 e. The van der Waals surface area contributed by atoms with Crippen molar-refractivity contribution in [1.82, 2.24) is 5.32 Å². The summed E-state index contributed by atoms with van der Waals surface area (Å²) >= 11 is 6.13. The number of hydrogen-bond donors (Lipinski definition) is 2. The quantitative estimate of drug-likeness (QED) is 0.443. The van der Waals surface area contributed by atoms with Crippen molar-refractivity contribution < 1.29 is 14.0 Å². The van der Waals surface area contributed by atoms with E-state index in [0.29, 0.717) is 34.7 Å². The molecule has 0 radical (unpaired) electrons. The van der Waals surface area contributed by atoms with Crippen molar-refractivity contribution in [1.29, 1.82) is 0 Å². The van der Waals surface area contributed by atoms with Crippen LogP contribution in [0.2, 0.25) is 5.02 Å². The third-order valence-electron chi connectivity index (χ3n) is 6.67. The van der Waals surface area contributed by atoms with E-state index >= 15 is 0 Å². The average molecular weight is 487 g/mol. The Kier molecular flexibility index (Phi) is 6.27. The zero-order valence-corrected chi connectivity index (χ0v) is 19.9. The first kappa shape index (κ1) is 23.1. The van der Waals surface area contributed by atoms with E-state index in [1.807, 2.05) is 49.4 Å². The summed E-state index contributed by atoms with van der Waals surface area (Å²) < 4.78 is 14.3. The van der Waals surface area contributed by atoms with E-state index < -0.39 is 17.6 Å². The highest BCUT2D eigenvalue weighted by atomic mass is 35.5. The zero-order chi connectivity index (χ0) is 24.5. The van der Waals surface area contributed by atoms with Crippen LogP contribution in [0.1, 0.15) is 42.7 Å². The van der Waals surface area contributed by atoms with Gasteiger partial charge in [0, 0.05) is 39.9 Å². The smallest absolute Gasteiger partial charge is 0.254 e. The molecule has 1 heterocycles. The van der Waals surface area contributed by atoms with Gasteiger partial charge in [0.2, 0.25) is 0 Å². The summed E-state index contributed by atoms with van der Waals surface area (Å²) in [5, 5.41) is 6.61.